The minimum absolute atomic E-state index is 0.0203. The summed E-state index contributed by atoms with van der Waals surface area (Å²) in [6.07, 6.45) is 3.99. The first kappa shape index (κ1) is 19.2. The minimum atomic E-state index is 0.0203. The molecule has 4 rings (SSSR count). The second-order valence-corrected chi connectivity index (χ2v) is 7.27. The molecule has 6 heteroatoms. The predicted molar refractivity (Wildman–Crippen MR) is 114 cm³/mol. The molecule has 3 aromatic rings. The SMILES string of the molecule is CCCc1ccc(OCC(=O)N2CCN(c3cnc4ccccc4n3)CC2)cc1. The van der Waals surface area contributed by atoms with Crippen LogP contribution >= 0.6 is 0 Å². The summed E-state index contributed by atoms with van der Waals surface area (Å²) in [5, 5.41) is 0. The zero-order valence-corrected chi connectivity index (χ0v) is 16.8. The van der Waals surface area contributed by atoms with Gasteiger partial charge < -0.3 is 14.5 Å². The Morgan fingerprint density at radius 1 is 1.00 bits per heavy atom. The highest BCUT2D eigenvalue weighted by Crippen LogP contribution is 2.17. The Balaban J connectivity index is 1.28. The summed E-state index contributed by atoms with van der Waals surface area (Å²) in [5.74, 6) is 1.62. The topological polar surface area (TPSA) is 58.6 Å². The molecule has 0 N–H and O–H groups in total. The van der Waals surface area contributed by atoms with Gasteiger partial charge in [-0.3, -0.25) is 9.78 Å². The van der Waals surface area contributed by atoms with Crippen LogP contribution in [0.25, 0.3) is 11.0 Å². The molecule has 0 spiro atoms. The number of hydrogen-bond acceptors (Lipinski definition) is 5. The fourth-order valence-electron chi connectivity index (χ4n) is 3.56. The molecular weight excluding hydrogens is 364 g/mol. The van der Waals surface area contributed by atoms with Crippen molar-refractivity contribution in [1.82, 2.24) is 14.9 Å². The molecule has 1 aliphatic heterocycles. The van der Waals surface area contributed by atoms with E-state index in [9.17, 15) is 4.79 Å². The van der Waals surface area contributed by atoms with E-state index in [1.807, 2.05) is 47.5 Å². The molecule has 0 unspecified atom stereocenters. The van der Waals surface area contributed by atoms with Gasteiger partial charge >= 0.3 is 0 Å². The van der Waals surface area contributed by atoms with Crippen molar-refractivity contribution in [3.63, 3.8) is 0 Å². The molecular formula is C23H26N4O2. The third-order valence-electron chi connectivity index (χ3n) is 5.22. The van der Waals surface area contributed by atoms with Crippen LogP contribution in [-0.4, -0.2) is 53.6 Å². The largest absolute Gasteiger partial charge is 0.484 e. The number of nitrogens with zero attached hydrogens (tertiary/aromatic N) is 4. The van der Waals surface area contributed by atoms with Crippen LogP contribution in [-0.2, 0) is 11.2 Å². The van der Waals surface area contributed by atoms with Crippen LogP contribution in [0.4, 0.5) is 5.82 Å². The molecule has 150 valence electrons. The van der Waals surface area contributed by atoms with Gasteiger partial charge in [-0.25, -0.2) is 4.98 Å². The fraction of sp³-hybridized carbons (Fsp3) is 0.348. The lowest BCUT2D eigenvalue weighted by Gasteiger charge is -2.35. The average Bonchev–Trinajstić information content (AvgIpc) is 2.78. The first-order chi connectivity index (χ1) is 14.2. The van der Waals surface area contributed by atoms with E-state index in [0.717, 1.165) is 48.5 Å². The molecule has 0 radical (unpaired) electrons. The lowest BCUT2D eigenvalue weighted by Crippen LogP contribution is -2.50. The Morgan fingerprint density at radius 2 is 1.72 bits per heavy atom. The highest BCUT2D eigenvalue weighted by molar-refractivity contribution is 5.78. The summed E-state index contributed by atoms with van der Waals surface area (Å²) in [4.78, 5) is 25.7. The van der Waals surface area contributed by atoms with Gasteiger partial charge in [0.15, 0.2) is 6.61 Å². The Labute approximate surface area is 171 Å². The first-order valence-corrected chi connectivity index (χ1v) is 10.2. The Kier molecular flexibility index (Phi) is 5.89. The van der Waals surface area contributed by atoms with E-state index in [4.69, 9.17) is 9.72 Å². The van der Waals surface area contributed by atoms with Crippen LogP contribution in [0.1, 0.15) is 18.9 Å². The Bertz CT molecular complexity index is 966. The number of para-hydroxylation sites is 2. The molecule has 6 nitrogen and oxygen atoms in total. The minimum Gasteiger partial charge on any atom is -0.484 e. The fourth-order valence-corrected chi connectivity index (χ4v) is 3.56. The molecule has 1 amide bonds. The van der Waals surface area contributed by atoms with Crippen molar-refractivity contribution >= 4 is 22.8 Å². The quantitative estimate of drug-likeness (QED) is 0.646. The van der Waals surface area contributed by atoms with Gasteiger partial charge in [0.1, 0.15) is 11.6 Å². The molecule has 2 heterocycles. The van der Waals surface area contributed by atoms with Crippen LogP contribution in [0.5, 0.6) is 5.75 Å². The summed E-state index contributed by atoms with van der Waals surface area (Å²) in [6.45, 7) is 5.03. The molecule has 1 aliphatic rings. The number of piperazine rings is 1. The van der Waals surface area contributed by atoms with Gasteiger partial charge in [0, 0.05) is 26.2 Å². The summed E-state index contributed by atoms with van der Waals surface area (Å²) < 4.78 is 5.69. The summed E-state index contributed by atoms with van der Waals surface area (Å²) in [7, 11) is 0. The molecule has 0 saturated carbocycles. The molecule has 0 atom stereocenters. The normalized spacial score (nSPS) is 14.2. The van der Waals surface area contributed by atoms with E-state index >= 15 is 0 Å². The number of aryl methyl sites for hydroxylation is 1. The number of carbonyl (C=O) groups excluding carboxylic acids is 1. The van der Waals surface area contributed by atoms with Crippen LogP contribution in [0.15, 0.2) is 54.7 Å². The van der Waals surface area contributed by atoms with Crippen LogP contribution < -0.4 is 9.64 Å². The van der Waals surface area contributed by atoms with Crippen molar-refractivity contribution in [1.29, 1.82) is 0 Å². The van der Waals surface area contributed by atoms with Gasteiger partial charge in [-0.1, -0.05) is 37.6 Å². The van der Waals surface area contributed by atoms with Crippen LogP contribution in [0.3, 0.4) is 0 Å². The molecule has 0 aliphatic carbocycles. The smallest absolute Gasteiger partial charge is 0.260 e. The van der Waals surface area contributed by atoms with E-state index in [2.05, 4.69) is 28.9 Å². The van der Waals surface area contributed by atoms with Gasteiger partial charge in [0.2, 0.25) is 0 Å². The second-order valence-electron chi connectivity index (χ2n) is 7.27. The van der Waals surface area contributed by atoms with Gasteiger partial charge in [0.25, 0.3) is 5.91 Å². The number of hydrogen-bond donors (Lipinski definition) is 0. The van der Waals surface area contributed by atoms with E-state index in [1.54, 1.807) is 0 Å². The second kappa shape index (κ2) is 8.90. The van der Waals surface area contributed by atoms with E-state index in [-0.39, 0.29) is 12.5 Å². The number of amides is 1. The number of anilines is 1. The molecule has 1 aromatic heterocycles. The van der Waals surface area contributed by atoms with E-state index in [1.165, 1.54) is 5.56 Å². The summed E-state index contributed by atoms with van der Waals surface area (Å²) >= 11 is 0. The molecule has 2 aromatic carbocycles. The van der Waals surface area contributed by atoms with Crippen molar-refractivity contribution in [2.45, 2.75) is 19.8 Å². The number of carbonyl (C=O) groups is 1. The van der Waals surface area contributed by atoms with Gasteiger partial charge in [-0.05, 0) is 36.2 Å². The number of benzene rings is 2. The zero-order valence-electron chi connectivity index (χ0n) is 16.8. The van der Waals surface area contributed by atoms with Crippen molar-refractivity contribution in [2.24, 2.45) is 0 Å². The standard InChI is InChI=1S/C23H26N4O2/c1-2-5-18-8-10-19(11-9-18)29-17-23(28)27-14-12-26(13-15-27)22-16-24-20-6-3-4-7-21(20)25-22/h3-4,6-11,16H,2,5,12-15,17H2,1H3. The van der Waals surface area contributed by atoms with E-state index < -0.39 is 0 Å². The van der Waals surface area contributed by atoms with Gasteiger partial charge in [0.05, 0.1) is 17.2 Å². The lowest BCUT2D eigenvalue weighted by molar-refractivity contribution is -0.133. The van der Waals surface area contributed by atoms with Crippen LogP contribution in [0, 0.1) is 0 Å². The van der Waals surface area contributed by atoms with Crippen molar-refractivity contribution in [3.05, 3.63) is 60.3 Å². The van der Waals surface area contributed by atoms with Crippen molar-refractivity contribution in [2.75, 3.05) is 37.7 Å². The van der Waals surface area contributed by atoms with Gasteiger partial charge in [-0.2, -0.15) is 0 Å². The molecule has 0 bridgehead atoms. The predicted octanol–water partition coefficient (Wildman–Crippen LogP) is 3.31. The molecule has 29 heavy (non-hydrogen) atoms. The zero-order chi connectivity index (χ0) is 20.1. The monoisotopic (exact) mass is 390 g/mol. The molecule has 1 fully saturated rings. The highest BCUT2D eigenvalue weighted by atomic mass is 16.5. The average molecular weight is 390 g/mol. The Morgan fingerprint density at radius 3 is 2.45 bits per heavy atom. The maximum absolute atomic E-state index is 12.5. The number of fused-ring (bicyclic) bond motifs is 1. The Hall–Kier alpha value is -3.15. The van der Waals surface area contributed by atoms with E-state index in [0.29, 0.717) is 13.1 Å². The first-order valence-electron chi connectivity index (χ1n) is 10.2. The highest BCUT2D eigenvalue weighted by Gasteiger charge is 2.22. The summed E-state index contributed by atoms with van der Waals surface area (Å²) in [5.41, 5.74) is 3.07. The van der Waals surface area contributed by atoms with Crippen LogP contribution in [0.2, 0.25) is 0 Å². The number of rotatable bonds is 6. The third kappa shape index (κ3) is 4.65. The molecule has 1 saturated heterocycles. The van der Waals surface area contributed by atoms with Crippen molar-refractivity contribution in [3.8, 4) is 5.75 Å². The lowest BCUT2D eigenvalue weighted by atomic mass is 10.1. The third-order valence-corrected chi connectivity index (χ3v) is 5.22. The number of aromatic nitrogens is 2. The number of ether oxygens (including phenoxy) is 1. The van der Waals surface area contributed by atoms with Crippen molar-refractivity contribution < 1.29 is 9.53 Å². The maximum atomic E-state index is 12.5. The maximum Gasteiger partial charge on any atom is 0.260 e. The summed E-state index contributed by atoms with van der Waals surface area (Å²) in [6, 6.07) is 15.9. The van der Waals surface area contributed by atoms with Gasteiger partial charge in [-0.15, -0.1) is 0 Å².